The molecule has 0 aliphatic carbocycles. The Balaban J connectivity index is 1.50. The zero-order chi connectivity index (χ0) is 16.7. The molecule has 2 aliphatic rings. The first-order chi connectivity index (χ1) is 11.6. The van der Waals surface area contributed by atoms with Gasteiger partial charge in [-0.3, -0.25) is 9.59 Å². The molecular formula is C16H18N4O3S. The Bertz CT molecular complexity index is 791. The van der Waals surface area contributed by atoms with E-state index in [0.29, 0.717) is 31.2 Å². The Morgan fingerprint density at radius 3 is 2.96 bits per heavy atom. The van der Waals surface area contributed by atoms with Crippen LogP contribution in [0.4, 0.5) is 0 Å². The van der Waals surface area contributed by atoms with Crippen LogP contribution in [-0.2, 0) is 17.8 Å². The number of hydrogen-bond donors (Lipinski definition) is 1. The number of hydrogen-bond acceptors (Lipinski definition) is 5. The lowest BCUT2D eigenvalue weighted by Crippen LogP contribution is -2.39. The van der Waals surface area contributed by atoms with Crippen LogP contribution in [0.15, 0.2) is 18.3 Å². The van der Waals surface area contributed by atoms with Crippen molar-refractivity contribution >= 4 is 23.2 Å². The second-order valence-corrected chi connectivity index (χ2v) is 7.12. The standard InChI is InChI=1S/C16H18N4O3S/c17-15(21)10-8-18-14-9-19(5-6-20(10)14)16(22)13-4-3-12(24-13)11-2-1-7-23-11/h3-4,8,11H,1-2,5-7,9H2,(H2,17,21). The van der Waals surface area contributed by atoms with E-state index in [9.17, 15) is 9.59 Å². The summed E-state index contributed by atoms with van der Waals surface area (Å²) in [5.74, 6) is 0.200. The zero-order valence-corrected chi connectivity index (χ0v) is 13.9. The van der Waals surface area contributed by atoms with E-state index in [1.807, 2.05) is 12.1 Å². The Hall–Kier alpha value is -2.19. The highest BCUT2D eigenvalue weighted by molar-refractivity contribution is 7.14. The molecule has 0 spiro atoms. The number of nitrogens with two attached hydrogens (primary N) is 1. The first-order valence-corrected chi connectivity index (χ1v) is 8.80. The molecule has 1 atom stereocenters. The number of thiophene rings is 1. The first-order valence-electron chi connectivity index (χ1n) is 7.98. The summed E-state index contributed by atoms with van der Waals surface area (Å²) in [5, 5.41) is 0. The maximum atomic E-state index is 12.7. The van der Waals surface area contributed by atoms with Crippen LogP contribution >= 0.6 is 11.3 Å². The van der Waals surface area contributed by atoms with Gasteiger partial charge < -0.3 is 19.9 Å². The van der Waals surface area contributed by atoms with E-state index in [-0.39, 0.29) is 12.0 Å². The number of fused-ring (bicyclic) bond motifs is 1. The molecule has 24 heavy (non-hydrogen) atoms. The number of nitrogens with zero attached hydrogens (tertiary/aromatic N) is 3. The summed E-state index contributed by atoms with van der Waals surface area (Å²) in [7, 11) is 0. The van der Waals surface area contributed by atoms with E-state index in [4.69, 9.17) is 10.5 Å². The second kappa shape index (κ2) is 6.03. The highest BCUT2D eigenvalue weighted by atomic mass is 32.1. The third kappa shape index (κ3) is 2.61. The van der Waals surface area contributed by atoms with Crippen molar-refractivity contribution < 1.29 is 14.3 Å². The summed E-state index contributed by atoms with van der Waals surface area (Å²) in [6.07, 6.45) is 3.70. The van der Waals surface area contributed by atoms with Crippen molar-refractivity contribution in [2.24, 2.45) is 5.73 Å². The maximum absolute atomic E-state index is 12.7. The Labute approximate surface area is 143 Å². The highest BCUT2D eigenvalue weighted by Gasteiger charge is 2.27. The van der Waals surface area contributed by atoms with Gasteiger partial charge in [0.15, 0.2) is 0 Å². The van der Waals surface area contributed by atoms with Gasteiger partial charge in [-0.25, -0.2) is 4.98 Å². The van der Waals surface area contributed by atoms with Crippen LogP contribution in [0, 0.1) is 0 Å². The van der Waals surface area contributed by atoms with Gasteiger partial charge in [0.25, 0.3) is 11.8 Å². The molecule has 0 saturated carbocycles. The summed E-state index contributed by atoms with van der Waals surface area (Å²) < 4.78 is 7.47. The van der Waals surface area contributed by atoms with Crippen molar-refractivity contribution in [3.63, 3.8) is 0 Å². The average molecular weight is 346 g/mol. The monoisotopic (exact) mass is 346 g/mol. The molecule has 7 nitrogen and oxygen atoms in total. The van der Waals surface area contributed by atoms with Crippen molar-refractivity contribution in [2.75, 3.05) is 13.2 Å². The second-order valence-electron chi connectivity index (χ2n) is 6.01. The van der Waals surface area contributed by atoms with Crippen molar-refractivity contribution in [1.29, 1.82) is 0 Å². The fourth-order valence-electron chi connectivity index (χ4n) is 3.23. The van der Waals surface area contributed by atoms with Crippen LogP contribution in [0.1, 0.15) is 49.8 Å². The molecule has 0 radical (unpaired) electrons. The Morgan fingerprint density at radius 2 is 2.21 bits per heavy atom. The summed E-state index contributed by atoms with van der Waals surface area (Å²) in [5.41, 5.74) is 5.74. The normalized spacial score (nSPS) is 20.2. The minimum atomic E-state index is -0.493. The summed E-state index contributed by atoms with van der Waals surface area (Å²) >= 11 is 1.51. The van der Waals surface area contributed by atoms with Crippen molar-refractivity contribution in [2.45, 2.75) is 32.0 Å². The van der Waals surface area contributed by atoms with E-state index in [1.54, 1.807) is 9.47 Å². The van der Waals surface area contributed by atoms with Crippen molar-refractivity contribution in [3.8, 4) is 0 Å². The zero-order valence-electron chi connectivity index (χ0n) is 13.1. The molecule has 126 valence electrons. The number of primary amides is 1. The van der Waals surface area contributed by atoms with Gasteiger partial charge in [-0.15, -0.1) is 11.3 Å². The predicted octanol–water partition coefficient (Wildman–Crippen LogP) is 1.55. The molecule has 1 unspecified atom stereocenters. The number of ether oxygens (including phenoxy) is 1. The Kier molecular flexibility index (Phi) is 3.85. The maximum Gasteiger partial charge on any atom is 0.266 e. The van der Waals surface area contributed by atoms with E-state index < -0.39 is 5.91 Å². The van der Waals surface area contributed by atoms with Gasteiger partial charge in [0.05, 0.1) is 23.7 Å². The third-order valence-electron chi connectivity index (χ3n) is 4.49. The number of aromatic nitrogens is 2. The predicted molar refractivity (Wildman–Crippen MR) is 87.7 cm³/mol. The van der Waals surface area contributed by atoms with Crippen LogP contribution in [0.5, 0.6) is 0 Å². The number of imidazole rings is 1. The lowest BCUT2D eigenvalue weighted by atomic mass is 10.2. The number of amides is 2. The molecule has 4 heterocycles. The molecular weight excluding hydrogens is 328 g/mol. The highest BCUT2D eigenvalue weighted by Crippen LogP contribution is 2.34. The number of carbonyl (C=O) groups is 2. The van der Waals surface area contributed by atoms with Gasteiger partial charge in [-0.2, -0.15) is 0 Å². The fraction of sp³-hybridized carbons (Fsp3) is 0.438. The lowest BCUT2D eigenvalue weighted by molar-refractivity contribution is 0.0711. The molecule has 4 rings (SSSR count). The van der Waals surface area contributed by atoms with Gasteiger partial charge >= 0.3 is 0 Å². The van der Waals surface area contributed by atoms with Crippen molar-refractivity contribution in [3.05, 3.63) is 39.6 Å². The molecule has 2 aromatic rings. The minimum absolute atomic E-state index is 0.000813. The SMILES string of the molecule is NC(=O)c1cnc2n1CCN(C(=O)c1ccc(C3CCCO3)s1)C2. The smallest absolute Gasteiger partial charge is 0.266 e. The van der Waals surface area contributed by atoms with E-state index in [1.165, 1.54) is 17.5 Å². The van der Waals surface area contributed by atoms with E-state index >= 15 is 0 Å². The van der Waals surface area contributed by atoms with Crippen LogP contribution < -0.4 is 5.73 Å². The number of carbonyl (C=O) groups excluding carboxylic acids is 2. The molecule has 0 aromatic carbocycles. The summed E-state index contributed by atoms with van der Waals surface area (Å²) in [4.78, 5) is 31.9. The van der Waals surface area contributed by atoms with E-state index in [0.717, 1.165) is 29.2 Å². The number of rotatable bonds is 3. The third-order valence-corrected chi connectivity index (χ3v) is 5.65. The molecule has 0 bridgehead atoms. The van der Waals surface area contributed by atoms with Gasteiger partial charge in [0.2, 0.25) is 0 Å². The van der Waals surface area contributed by atoms with Gasteiger partial charge in [-0.05, 0) is 25.0 Å². The topological polar surface area (TPSA) is 90.5 Å². The first kappa shape index (κ1) is 15.3. The van der Waals surface area contributed by atoms with E-state index in [2.05, 4.69) is 4.98 Å². The van der Waals surface area contributed by atoms with Crippen LogP contribution in [-0.4, -0.2) is 39.4 Å². The molecule has 1 fully saturated rings. The van der Waals surface area contributed by atoms with Crippen LogP contribution in [0.25, 0.3) is 0 Å². The van der Waals surface area contributed by atoms with Gasteiger partial charge in [-0.1, -0.05) is 0 Å². The molecule has 2 amide bonds. The largest absolute Gasteiger partial charge is 0.373 e. The fourth-order valence-corrected chi connectivity index (χ4v) is 4.29. The van der Waals surface area contributed by atoms with Crippen LogP contribution in [0.3, 0.4) is 0 Å². The molecule has 2 N–H and O–H groups in total. The average Bonchev–Trinajstić information content (AvgIpc) is 3.31. The Morgan fingerprint density at radius 1 is 1.33 bits per heavy atom. The van der Waals surface area contributed by atoms with Crippen molar-refractivity contribution in [1.82, 2.24) is 14.5 Å². The van der Waals surface area contributed by atoms with Crippen LogP contribution in [0.2, 0.25) is 0 Å². The molecule has 2 aromatic heterocycles. The van der Waals surface area contributed by atoms with Gasteiger partial charge in [0, 0.05) is 24.6 Å². The summed E-state index contributed by atoms with van der Waals surface area (Å²) in [6, 6.07) is 3.86. The molecule has 8 heteroatoms. The lowest BCUT2D eigenvalue weighted by Gasteiger charge is -2.28. The molecule has 2 aliphatic heterocycles. The van der Waals surface area contributed by atoms with Gasteiger partial charge in [0.1, 0.15) is 11.5 Å². The molecule has 1 saturated heterocycles. The quantitative estimate of drug-likeness (QED) is 0.913. The minimum Gasteiger partial charge on any atom is -0.373 e. The summed E-state index contributed by atoms with van der Waals surface area (Å²) in [6.45, 7) is 2.25.